The van der Waals surface area contributed by atoms with E-state index < -0.39 is 10.9 Å². The smallest absolute Gasteiger partial charge is 0.276 e. The number of carbonyl (C=O) groups is 1. The molecule has 1 amide bonds. The second kappa shape index (κ2) is 9.86. The molecule has 1 aliphatic heterocycles. The van der Waals surface area contributed by atoms with Crippen molar-refractivity contribution in [2.24, 2.45) is 12.5 Å². The molecule has 38 heavy (non-hydrogen) atoms. The maximum Gasteiger partial charge on any atom is 0.276 e. The Labute approximate surface area is 221 Å². The zero-order valence-corrected chi connectivity index (χ0v) is 22.4. The maximum atomic E-state index is 13.1. The molecule has 1 atom stereocenters. The fourth-order valence-corrected chi connectivity index (χ4v) is 5.75. The zero-order valence-electron chi connectivity index (χ0n) is 22.4. The van der Waals surface area contributed by atoms with Gasteiger partial charge in [-0.3, -0.25) is 19.1 Å². The fourth-order valence-electron chi connectivity index (χ4n) is 5.75. The molecule has 3 aromatic rings. The van der Waals surface area contributed by atoms with Gasteiger partial charge in [0.15, 0.2) is 11.4 Å². The number of hydrogen-bond donors (Lipinski definition) is 3. The number of nitrogens with one attached hydrogen (secondary N) is 2. The summed E-state index contributed by atoms with van der Waals surface area (Å²) in [6.45, 7) is 6.72. The van der Waals surface area contributed by atoms with E-state index in [0.29, 0.717) is 13.1 Å². The highest BCUT2D eigenvalue weighted by Crippen LogP contribution is 2.49. The molecule has 2 aliphatic rings. The van der Waals surface area contributed by atoms with E-state index in [-0.39, 0.29) is 45.9 Å². The number of aromatic hydroxyl groups is 1. The Morgan fingerprint density at radius 2 is 1.74 bits per heavy atom. The summed E-state index contributed by atoms with van der Waals surface area (Å²) in [6.07, 6.45) is 7.48. The largest absolute Gasteiger partial charge is 0.504 e. The molecule has 0 radical (unpaired) electrons. The highest BCUT2D eigenvalue weighted by atomic mass is 16.3. The third kappa shape index (κ3) is 4.55. The van der Waals surface area contributed by atoms with Gasteiger partial charge in [-0.1, -0.05) is 19.8 Å². The van der Waals surface area contributed by atoms with Crippen molar-refractivity contribution in [2.75, 3.05) is 43.9 Å². The number of rotatable bonds is 7. The number of nitrogens with zero attached hydrogens (tertiary/aromatic N) is 5. The number of aryl methyl sites for hydroxylation is 2. The summed E-state index contributed by atoms with van der Waals surface area (Å²) in [4.78, 5) is 46.4. The van der Waals surface area contributed by atoms with Gasteiger partial charge >= 0.3 is 0 Å². The van der Waals surface area contributed by atoms with Crippen LogP contribution in [0.3, 0.4) is 0 Å². The van der Waals surface area contributed by atoms with Crippen molar-refractivity contribution >= 4 is 23.0 Å². The summed E-state index contributed by atoms with van der Waals surface area (Å²) in [7, 11) is 3.85. The van der Waals surface area contributed by atoms with Crippen LogP contribution in [-0.4, -0.2) is 68.8 Å². The van der Waals surface area contributed by atoms with Gasteiger partial charge in [-0.15, -0.1) is 0 Å². The third-order valence-corrected chi connectivity index (χ3v) is 8.14. The molecular formula is C27H35N7O4. The number of pyridine rings is 1. The molecule has 1 saturated carbocycles. The Morgan fingerprint density at radius 3 is 2.37 bits per heavy atom. The van der Waals surface area contributed by atoms with Gasteiger partial charge in [0.1, 0.15) is 11.4 Å². The van der Waals surface area contributed by atoms with E-state index in [1.807, 2.05) is 27.2 Å². The van der Waals surface area contributed by atoms with Gasteiger partial charge in [-0.25, -0.2) is 4.98 Å². The molecule has 202 valence electrons. The number of hydrogen-bond acceptors (Lipinski definition) is 9. The number of amides is 1. The van der Waals surface area contributed by atoms with Crippen LogP contribution in [0.25, 0.3) is 0 Å². The van der Waals surface area contributed by atoms with Crippen LogP contribution in [0.1, 0.15) is 60.4 Å². The van der Waals surface area contributed by atoms with E-state index in [4.69, 9.17) is 0 Å². The summed E-state index contributed by atoms with van der Waals surface area (Å²) < 4.78 is 1.76. The van der Waals surface area contributed by atoms with Gasteiger partial charge in [0.05, 0.1) is 17.4 Å². The van der Waals surface area contributed by atoms with Crippen LogP contribution in [0.2, 0.25) is 0 Å². The quantitative estimate of drug-likeness (QED) is 0.401. The van der Waals surface area contributed by atoms with E-state index in [0.717, 1.165) is 50.0 Å². The summed E-state index contributed by atoms with van der Waals surface area (Å²) in [6, 6.07) is 1.21. The Kier molecular flexibility index (Phi) is 6.72. The van der Waals surface area contributed by atoms with Gasteiger partial charge < -0.3 is 25.5 Å². The standard InChI is InChI=1S/C27H35N7O4/c1-16-15-33(4)31-18(16)25(27(2)8-5-6-9-27)30-20-19(23(36)24(20)37)29-17-7-10-28-21(22(17)35)26(38)34-13-11-32(3)12-14-34/h7,10,15,25,30,35H,5-6,8-9,11-14H2,1-4H3,(H,28,29). The number of aromatic nitrogens is 3. The average Bonchev–Trinajstić information content (AvgIpc) is 3.48. The van der Waals surface area contributed by atoms with Gasteiger partial charge in [0.2, 0.25) is 0 Å². The molecule has 2 fully saturated rings. The topological polar surface area (TPSA) is 133 Å². The number of piperazine rings is 1. The summed E-state index contributed by atoms with van der Waals surface area (Å²) in [5, 5.41) is 21.9. The molecule has 11 heteroatoms. The first kappa shape index (κ1) is 25.9. The van der Waals surface area contributed by atoms with Crippen LogP contribution in [0.15, 0.2) is 28.0 Å². The molecule has 1 saturated heterocycles. The summed E-state index contributed by atoms with van der Waals surface area (Å²) >= 11 is 0. The van der Waals surface area contributed by atoms with Crippen LogP contribution in [0.4, 0.5) is 17.1 Å². The lowest BCUT2D eigenvalue weighted by Gasteiger charge is -2.35. The predicted molar refractivity (Wildman–Crippen MR) is 145 cm³/mol. The first-order chi connectivity index (χ1) is 18.1. The van der Waals surface area contributed by atoms with Crippen LogP contribution in [0.5, 0.6) is 5.75 Å². The summed E-state index contributed by atoms with van der Waals surface area (Å²) in [5.74, 6) is -0.724. The zero-order chi connectivity index (χ0) is 27.2. The number of anilines is 3. The van der Waals surface area contributed by atoms with Crippen LogP contribution < -0.4 is 21.5 Å². The fraction of sp³-hybridized carbons (Fsp3) is 0.519. The third-order valence-electron chi connectivity index (χ3n) is 8.14. The Bertz CT molecular complexity index is 1420. The first-order valence-corrected chi connectivity index (χ1v) is 13.1. The van der Waals surface area contributed by atoms with Crippen molar-refractivity contribution in [3.8, 4) is 5.75 Å². The number of likely N-dealkylation sites (N-methyl/N-ethyl adjacent to an activating group) is 1. The minimum atomic E-state index is -0.677. The van der Waals surface area contributed by atoms with Crippen molar-refractivity contribution in [3.63, 3.8) is 0 Å². The number of carbonyl (C=O) groups excluding carboxylic acids is 1. The van der Waals surface area contributed by atoms with Crippen molar-refractivity contribution in [1.29, 1.82) is 0 Å². The Hall–Kier alpha value is -3.73. The molecule has 1 unspecified atom stereocenters. The van der Waals surface area contributed by atoms with Gasteiger partial charge in [0.25, 0.3) is 16.8 Å². The SMILES string of the molecule is Cc1cn(C)nc1C(Nc1c(Nc2ccnc(C(=O)N3CCN(C)CC3)c2O)c(=O)c1=O)C1(C)CCCC1. The van der Waals surface area contributed by atoms with E-state index >= 15 is 0 Å². The second-order valence-corrected chi connectivity index (χ2v) is 11.0. The molecule has 3 heterocycles. The van der Waals surface area contributed by atoms with E-state index in [9.17, 15) is 19.5 Å². The first-order valence-electron chi connectivity index (χ1n) is 13.1. The molecule has 11 nitrogen and oxygen atoms in total. The van der Waals surface area contributed by atoms with E-state index in [1.54, 1.807) is 9.58 Å². The molecule has 1 aromatic carbocycles. The van der Waals surface area contributed by atoms with Crippen molar-refractivity contribution in [2.45, 2.75) is 45.6 Å². The highest BCUT2D eigenvalue weighted by molar-refractivity contribution is 5.97. The molecular weight excluding hydrogens is 486 g/mol. The molecule has 1 aliphatic carbocycles. The molecule has 5 rings (SSSR count). The Balaban J connectivity index is 1.43. The maximum absolute atomic E-state index is 13.1. The minimum Gasteiger partial charge on any atom is -0.504 e. The van der Waals surface area contributed by atoms with Gasteiger partial charge in [0, 0.05) is 45.6 Å². The molecule has 0 spiro atoms. The van der Waals surface area contributed by atoms with Gasteiger partial charge in [-0.05, 0) is 43.9 Å². The Morgan fingerprint density at radius 1 is 1.08 bits per heavy atom. The lowest BCUT2D eigenvalue weighted by Crippen LogP contribution is -2.47. The molecule has 2 aromatic heterocycles. The van der Waals surface area contributed by atoms with E-state index in [2.05, 4.69) is 32.5 Å². The monoisotopic (exact) mass is 521 g/mol. The van der Waals surface area contributed by atoms with Crippen LogP contribution >= 0.6 is 0 Å². The van der Waals surface area contributed by atoms with Crippen molar-refractivity contribution in [3.05, 3.63) is 55.9 Å². The van der Waals surface area contributed by atoms with Crippen molar-refractivity contribution < 1.29 is 9.90 Å². The van der Waals surface area contributed by atoms with Crippen LogP contribution in [-0.2, 0) is 7.05 Å². The van der Waals surface area contributed by atoms with Crippen LogP contribution in [0, 0.1) is 12.3 Å². The minimum absolute atomic E-state index is 0.0645. The van der Waals surface area contributed by atoms with Gasteiger partial charge in [-0.2, -0.15) is 5.10 Å². The van der Waals surface area contributed by atoms with E-state index in [1.165, 1.54) is 12.3 Å². The predicted octanol–water partition coefficient (Wildman–Crippen LogP) is 2.29. The normalized spacial score (nSPS) is 18.6. The molecule has 0 bridgehead atoms. The lowest BCUT2D eigenvalue weighted by atomic mass is 9.78. The molecule has 3 N–H and O–H groups in total. The summed E-state index contributed by atoms with van der Waals surface area (Å²) in [5.41, 5.74) is 0.706. The lowest BCUT2D eigenvalue weighted by molar-refractivity contribution is 0.0655. The highest BCUT2D eigenvalue weighted by Gasteiger charge is 2.41. The van der Waals surface area contributed by atoms with Crippen molar-refractivity contribution in [1.82, 2.24) is 24.6 Å². The average molecular weight is 522 g/mol. The second-order valence-electron chi connectivity index (χ2n) is 11.0.